The van der Waals surface area contributed by atoms with Crippen molar-refractivity contribution in [3.63, 3.8) is 0 Å². The summed E-state index contributed by atoms with van der Waals surface area (Å²) in [5, 5.41) is 17.0. The van der Waals surface area contributed by atoms with Crippen LogP contribution in [0, 0.1) is 0 Å². The Morgan fingerprint density at radius 2 is 1.97 bits per heavy atom. The smallest absolute Gasteiger partial charge is 0.329 e. The molecule has 1 saturated carbocycles. The second kappa shape index (κ2) is 9.25. The number of benzene rings is 1. The van der Waals surface area contributed by atoms with E-state index in [-0.39, 0.29) is 18.6 Å². The molecule has 1 aliphatic carbocycles. The highest BCUT2D eigenvalue weighted by atomic mass is 16.6. The zero-order valence-corrected chi connectivity index (χ0v) is 16.7. The van der Waals surface area contributed by atoms with Crippen LogP contribution in [-0.4, -0.2) is 71.8 Å². The Hall–Kier alpha value is -2.94. The van der Waals surface area contributed by atoms with E-state index < -0.39 is 12.1 Å². The van der Waals surface area contributed by atoms with Crippen LogP contribution in [0.5, 0.6) is 0 Å². The van der Waals surface area contributed by atoms with Gasteiger partial charge in [-0.25, -0.2) is 4.79 Å². The van der Waals surface area contributed by atoms with Crippen LogP contribution in [0.4, 0.5) is 0 Å². The number of carbonyl (C=O) groups is 2. The van der Waals surface area contributed by atoms with Gasteiger partial charge < -0.3 is 25.0 Å². The first kappa shape index (κ1) is 20.3. The van der Waals surface area contributed by atoms with E-state index in [0.717, 1.165) is 16.8 Å². The van der Waals surface area contributed by atoms with Gasteiger partial charge in [-0.05, 0) is 36.8 Å². The topological polar surface area (TPSA) is 113 Å². The fourth-order valence-corrected chi connectivity index (χ4v) is 3.51. The maximum atomic E-state index is 12.8. The van der Waals surface area contributed by atoms with Gasteiger partial charge in [-0.1, -0.05) is 29.4 Å². The molecule has 9 heteroatoms. The first-order valence-corrected chi connectivity index (χ1v) is 10.3. The van der Waals surface area contributed by atoms with Gasteiger partial charge in [-0.2, -0.15) is 5.10 Å². The lowest BCUT2D eigenvalue weighted by molar-refractivity contribution is -0.149. The molecule has 1 aromatic rings. The molecular weight excluding hydrogens is 388 g/mol. The minimum absolute atomic E-state index is 0.0830. The predicted molar refractivity (Wildman–Crippen MR) is 109 cm³/mol. The molecule has 3 aliphatic rings. The summed E-state index contributed by atoms with van der Waals surface area (Å²) < 4.78 is 5.32. The summed E-state index contributed by atoms with van der Waals surface area (Å²) in [4.78, 5) is 30.5. The molecule has 2 heterocycles. The Balaban J connectivity index is 1.24. The van der Waals surface area contributed by atoms with Crippen LogP contribution in [0.25, 0.3) is 0 Å². The number of oxime groups is 1. The number of carboxylic acids is 1. The van der Waals surface area contributed by atoms with E-state index in [4.69, 9.17) is 14.7 Å². The summed E-state index contributed by atoms with van der Waals surface area (Å²) in [6.45, 7) is 0.756. The van der Waals surface area contributed by atoms with Gasteiger partial charge in [0.05, 0.1) is 18.0 Å². The van der Waals surface area contributed by atoms with E-state index in [2.05, 4.69) is 15.7 Å². The average Bonchev–Trinajstić information content (AvgIpc) is 3.45. The largest absolute Gasteiger partial charge is 0.480 e. The molecule has 0 radical (unpaired) electrons. The number of ether oxygens (including phenoxy) is 1. The Kier molecular flexibility index (Phi) is 6.27. The van der Waals surface area contributed by atoms with Gasteiger partial charge in [0, 0.05) is 25.6 Å². The quantitative estimate of drug-likeness (QED) is 0.491. The molecular formula is C21H26N4O5. The van der Waals surface area contributed by atoms with E-state index in [1.54, 1.807) is 11.1 Å². The van der Waals surface area contributed by atoms with Gasteiger partial charge in [0.2, 0.25) is 6.10 Å². The number of carboxylic acid groups (broad SMARTS) is 1. The van der Waals surface area contributed by atoms with Crippen molar-refractivity contribution in [2.45, 2.75) is 50.4 Å². The lowest BCUT2D eigenvalue weighted by atomic mass is 10.0. The highest BCUT2D eigenvalue weighted by Gasteiger charge is 2.34. The first-order chi connectivity index (χ1) is 14.6. The Bertz CT molecular complexity index is 826. The van der Waals surface area contributed by atoms with Crippen molar-refractivity contribution in [1.29, 1.82) is 0 Å². The lowest BCUT2D eigenvalue weighted by Crippen LogP contribution is -2.45. The molecule has 2 N–H and O–H groups in total. The Labute approximate surface area is 174 Å². The van der Waals surface area contributed by atoms with Crippen molar-refractivity contribution >= 4 is 23.8 Å². The number of hydrogen-bond donors (Lipinski definition) is 2. The number of amides is 1. The number of aliphatic carboxylic acids is 1. The summed E-state index contributed by atoms with van der Waals surface area (Å²) in [6.07, 6.45) is 5.12. The van der Waals surface area contributed by atoms with E-state index >= 15 is 0 Å². The van der Waals surface area contributed by atoms with Gasteiger partial charge in [0.15, 0.2) is 0 Å². The second-order valence-corrected chi connectivity index (χ2v) is 7.85. The zero-order chi connectivity index (χ0) is 20.9. The number of nitrogens with one attached hydrogen (secondary N) is 1. The second-order valence-electron chi connectivity index (χ2n) is 7.85. The third-order valence-corrected chi connectivity index (χ3v) is 5.43. The number of hydrogen-bond acceptors (Lipinski definition) is 7. The van der Waals surface area contributed by atoms with Gasteiger partial charge in [0.1, 0.15) is 6.61 Å². The molecule has 2 fully saturated rings. The van der Waals surface area contributed by atoms with Crippen molar-refractivity contribution in [2.24, 2.45) is 10.3 Å². The fraction of sp³-hybridized carbons (Fsp3) is 0.524. The normalized spacial score (nSPS) is 22.1. The summed E-state index contributed by atoms with van der Waals surface area (Å²) >= 11 is 0. The molecule has 9 nitrogen and oxygen atoms in total. The highest BCUT2D eigenvalue weighted by molar-refractivity contribution is 6.04. The average molecular weight is 414 g/mol. The third kappa shape index (κ3) is 5.35. The molecule has 0 aromatic heterocycles. The maximum absolute atomic E-state index is 12.8. The van der Waals surface area contributed by atoms with Crippen molar-refractivity contribution in [3.8, 4) is 0 Å². The van der Waals surface area contributed by atoms with Gasteiger partial charge >= 0.3 is 5.97 Å². The van der Waals surface area contributed by atoms with E-state index in [1.165, 1.54) is 12.8 Å². The molecule has 2 aliphatic heterocycles. The summed E-state index contributed by atoms with van der Waals surface area (Å²) in [6, 6.07) is 8.38. The predicted octanol–water partition coefficient (Wildman–Crippen LogP) is 1.36. The number of piperidine rings is 1. The third-order valence-electron chi connectivity index (χ3n) is 5.43. The number of carbonyl (C=O) groups excluding carboxylic acids is 1. The van der Waals surface area contributed by atoms with E-state index in [0.29, 0.717) is 38.4 Å². The lowest BCUT2D eigenvalue weighted by Gasteiger charge is -2.32. The minimum atomic E-state index is -0.979. The highest BCUT2D eigenvalue weighted by Crippen LogP contribution is 2.22. The van der Waals surface area contributed by atoms with Crippen molar-refractivity contribution in [3.05, 3.63) is 35.4 Å². The summed E-state index contributed by atoms with van der Waals surface area (Å²) in [5.41, 5.74) is 5.77. The van der Waals surface area contributed by atoms with Crippen LogP contribution in [-0.2, 0) is 19.2 Å². The molecule has 0 spiro atoms. The zero-order valence-electron chi connectivity index (χ0n) is 16.7. The number of nitrogens with zero attached hydrogens (tertiary/aromatic N) is 3. The van der Waals surface area contributed by atoms with E-state index in [9.17, 15) is 9.59 Å². The molecule has 1 unspecified atom stereocenters. The van der Waals surface area contributed by atoms with Crippen LogP contribution in [0.1, 0.15) is 43.2 Å². The van der Waals surface area contributed by atoms with Crippen LogP contribution in [0.15, 0.2) is 34.5 Å². The molecule has 1 aromatic carbocycles. The SMILES string of the molecule is O=C(O)COC1CCN(C(=O)C2CC(c3ccc(C=NNC4CC4)cc3)=NO2)CC1. The van der Waals surface area contributed by atoms with E-state index in [1.807, 2.05) is 24.3 Å². The van der Waals surface area contributed by atoms with Gasteiger partial charge in [-0.3, -0.25) is 4.79 Å². The Morgan fingerprint density at radius 3 is 2.63 bits per heavy atom. The van der Waals surface area contributed by atoms with Gasteiger partial charge in [0.25, 0.3) is 5.91 Å². The van der Waals surface area contributed by atoms with Crippen molar-refractivity contribution < 1.29 is 24.3 Å². The fourth-order valence-electron chi connectivity index (χ4n) is 3.51. The summed E-state index contributed by atoms with van der Waals surface area (Å²) in [5.74, 6) is -1.06. The standard InChI is InChI=1S/C21H26N4O5/c26-20(27)13-29-17-7-9-25(10-8-17)21(28)19-11-18(24-30-19)15-3-1-14(2-4-15)12-22-23-16-5-6-16/h1-4,12,16-17,19,23H,5-11,13H2,(H,26,27). The van der Waals surface area contributed by atoms with Crippen LogP contribution >= 0.6 is 0 Å². The first-order valence-electron chi connectivity index (χ1n) is 10.3. The van der Waals surface area contributed by atoms with Gasteiger partial charge in [-0.15, -0.1) is 0 Å². The number of rotatable bonds is 8. The molecule has 4 rings (SSSR count). The molecule has 30 heavy (non-hydrogen) atoms. The van der Waals surface area contributed by atoms with Crippen LogP contribution in [0.2, 0.25) is 0 Å². The Morgan fingerprint density at radius 1 is 1.23 bits per heavy atom. The molecule has 0 bridgehead atoms. The molecule has 1 atom stereocenters. The molecule has 1 saturated heterocycles. The summed E-state index contributed by atoms with van der Waals surface area (Å²) in [7, 11) is 0. The molecule has 160 valence electrons. The van der Waals surface area contributed by atoms with Crippen molar-refractivity contribution in [1.82, 2.24) is 10.3 Å². The van der Waals surface area contributed by atoms with Crippen molar-refractivity contribution in [2.75, 3.05) is 19.7 Å². The number of likely N-dealkylation sites (tertiary alicyclic amines) is 1. The van der Waals surface area contributed by atoms with Crippen LogP contribution in [0.3, 0.4) is 0 Å². The molecule has 1 amide bonds. The maximum Gasteiger partial charge on any atom is 0.329 e. The number of hydrazone groups is 1. The van der Waals surface area contributed by atoms with Crippen LogP contribution < -0.4 is 5.43 Å². The monoisotopic (exact) mass is 414 g/mol. The minimum Gasteiger partial charge on any atom is -0.480 e.